The number of nitrogens with zero attached hydrogens (tertiary/aromatic N) is 1. The Bertz CT molecular complexity index is 1210. The summed E-state index contributed by atoms with van der Waals surface area (Å²) in [5.74, 6) is -0.121. The van der Waals surface area contributed by atoms with Gasteiger partial charge in [0.15, 0.2) is 0 Å². The molecule has 0 saturated carbocycles. The summed E-state index contributed by atoms with van der Waals surface area (Å²) in [4.78, 5) is 33.9. The minimum absolute atomic E-state index is 0.121. The van der Waals surface area contributed by atoms with E-state index in [1.807, 2.05) is 44.2 Å². The normalized spacial score (nSPS) is 12.4. The van der Waals surface area contributed by atoms with Crippen molar-refractivity contribution in [1.82, 2.24) is 15.0 Å². The molecule has 2 aromatic carbocycles. The van der Waals surface area contributed by atoms with Crippen molar-refractivity contribution in [2.45, 2.75) is 24.1 Å². The number of aryl methyl sites for hydroxylation is 1. The predicted molar refractivity (Wildman–Crippen MR) is 109 cm³/mol. The fraction of sp³-hybridized carbons (Fsp3) is 0.150. The molecule has 2 heterocycles. The maximum atomic E-state index is 12.6. The molecule has 27 heavy (non-hydrogen) atoms. The molecule has 1 amide bonds. The number of H-pyrrole nitrogens is 2. The van der Waals surface area contributed by atoms with Crippen molar-refractivity contribution in [2.24, 2.45) is 0 Å². The van der Waals surface area contributed by atoms with Crippen molar-refractivity contribution in [3.63, 3.8) is 0 Å². The van der Waals surface area contributed by atoms with Crippen LogP contribution < -0.4 is 11.0 Å². The first-order valence-corrected chi connectivity index (χ1v) is 9.43. The average Bonchev–Trinajstić information content (AvgIpc) is 3.01. The van der Waals surface area contributed by atoms with E-state index in [4.69, 9.17) is 0 Å². The number of pyridine rings is 1. The lowest BCUT2D eigenvalue weighted by Gasteiger charge is -2.13. The molecule has 0 radical (unpaired) electrons. The molecule has 0 aliphatic carbocycles. The number of imidazole rings is 1. The lowest BCUT2D eigenvalue weighted by Crippen LogP contribution is -2.22. The lowest BCUT2D eigenvalue weighted by molar-refractivity contribution is -0.115. The molecule has 0 spiro atoms. The molecular weight excluding hydrogens is 360 g/mol. The van der Waals surface area contributed by atoms with Gasteiger partial charge in [-0.05, 0) is 49.7 Å². The minimum Gasteiger partial charge on any atom is -0.325 e. The van der Waals surface area contributed by atoms with Crippen LogP contribution in [0.25, 0.3) is 21.9 Å². The summed E-state index contributed by atoms with van der Waals surface area (Å²) >= 11 is 1.42. The highest BCUT2D eigenvalue weighted by atomic mass is 32.2. The van der Waals surface area contributed by atoms with Crippen LogP contribution in [0.2, 0.25) is 0 Å². The standard InChI is InChI=1S/C20H18N4O2S/c1-11-9-18(22-15-6-4-3-5-14(11)15)27-12(2)19(25)21-13-7-8-16-17(10-13)24-20(26)23-16/h3-10,12H,1-2H3,(H,21,25)(H2,23,24,26)/t12-/m0/s1. The number of benzene rings is 2. The lowest BCUT2D eigenvalue weighted by atomic mass is 10.1. The summed E-state index contributed by atoms with van der Waals surface area (Å²) in [5.41, 5.74) is 3.79. The third-order valence-corrected chi connectivity index (χ3v) is 5.37. The molecule has 7 heteroatoms. The maximum Gasteiger partial charge on any atom is 0.323 e. The van der Waals surface area contributed by atoms with E-state index in [0.717, 1.165) is 21.5 Å². The number of hydrogen-bond acceptors (Lipinski definition) is 4. The Hall–Kier alpha value is -3.06. The number of aromatic nitrogens is 3. The van der Waals surface area contributed by atoms with Gasteiger partial charge >= 0.3 is 5.69 Å². The number of fused-ring (bicyclic) bond motifs is 2. The zero-order valence-electron chi connectivity index (χ0n) is 14.9. The predicted octanol–water partition coefficient (Wildman–Crippen LogP) is 3.83. The van der Waals surface area contributed by atoms with Crippen molar-refractivity contribution in [3.05, 3.63) is 64.6 Å². The molecule has 3 N–H and O–H groups in total. The maximum absolute atomic E-state index is 12.6. The van der Waals surface area contributed by atoms with Gasteiger partial charge in [0.05, 0.1) is 26.8 Å². The molecule has 0 fully saturated rings. The van der Waals surface area contributed by atoms with Gasteiger partial charge in [-0.15, -0.1) is 0 Å². The zero-order valence-corrected chi connectivity index (χ0v) is 15.7. The summed E-state index contributed by atoms with van der Waals surface area (Å²) in [5, 5.41) is 4.51. The number of nitrogens with one attached hydrogen (secondary N) is 3. The van der Waals surface area contributed by atoms with Crippen LogP contribution in [0.1, 0.15) is 12.5 Å². The van der Waals surface area contributed by atoms with E-state index < -0.39 is 0 Å². The molecule has 0 aliphatic rings. The van der Waals surface area contributed by atoms with Crippen LogP contribution in [0, 0.1) is 6.92 Å². The quantitative estimate of drug-likeness (QED) is 0.471. The number of amides is 1. The molecule has 2 aromatic heterocycles. The molecular formula is C20H18N4O2S. The van der Waals surface area contributed by atoms with Crippen molar-refractivity contribution in [1.29, 1.82) is 0 Å². The number of aromatic amines is 2. The second-order valence-electron chi connectivity index (χ2n) is 6.38. The Labute approximate surface area is 159 Å². The van der Waals surface area contributed by atoms with E-state index in [-0.39, 0.29) is 16.8 Å². The fourth-order valence-corrected chi connectivity index (χ4v) is 3.89. The summed E-state index contributed by atoms with van der Waals surface area (Å²) in [7, 11) is 0. The summed E-state index contributed by atoms with van der Waals surface area (Å²) < 4.78 is 0. The molecule has 136 valence electrons. The van der Waals surface area contributed by atoms with Crippen LogP contribution in [0.4, 0.5) is 5.69 Å². The van der Waals surface area contributed by atoms with Crippen LogP contribution in [0.5, 0.6) is 0 Å². The van der Waals surface area contributed by atoms with E-state index >= 15 is 0 Å². The highest BCUT2D eigenvalue weighted by Gasteiger charge is 2.16. The average molecular weight is 378 g/mol. The van der Waals surface area contributed by atoms with Crippen molar-refractivity contribution in [2.75, 3.05) is 5.32 Å². The summed E-state index contributed by atoms with van der Waals surface area (Å²) in [6.45, 7) is 3.90. The molecule has 6 nitrogen and oxygen atoms in total. The van der Waals surface area contributed by atoms with Gasteiger partial charge in [-0.2, -0.15) is 0 Å². The van der Waals surface area contributed by atoms with E-state index in [2.05, 4.69) is 20.3 Å². The largest absolute Gasteiger partial charge is 0.325 e. The van der Waals surface area contributed by atoms with E-state index in [9.17, 15) is 9.59 Å². The molecule has 0 aliphatic heterocycles. The first-order valence-electron chi connectivity index (χ1n) is 8.55. The van der Waals surface area contributed by atoms with E-state index in [1.54, 1.807) is 18.2 Å². The van der Waals surface area contributed by atoms with Crippen LogP contribution in [0.15, 0.2) is 58.4 Å². The number of para-hydroxylation sites is 1. The van der Waals surface area contributed by atoms with Crippen LogP contribution in [-0.4, -0.2) is 26.1 Å². The van der Waals surface area contributed by atoms with Crippen molar-refractivity contribution < 1.29 is 4.79 Å². The first-order chi connectivity index (χ1) is 13.0. The van der Waals surface area contributed by atoms with Crippen LogP contribution in [-0.2, 0) is 4.79 Å². The van der Waals surface area contributed by atoms with Crippen LogP contribution in [0.3, 0.4) is 0 Å². The third kappa shape index (κ3) is 3.59. The molecule has 4 aromatic rings. The topological polar surface area (TPSA) is 90.6 Å². The Morgan fingerprint density at radius 1 is 1.11 bits per heavy atom. The van der Waals surface area contributed by atoms with Gasteiger partial charge in [-0.3, -0.25) is 4.79 Å². The second kappa shape index (κ2) is 6.92. The van der Waals surface area contributed by atoms with Crippen molar-refractivity contribution >= 4 is 45.3 Å². The SMILES string of the molecule is Cc1cc(S[C@@H](C)C(=O)Nc2ccc3[nH]c(=O)[nH]c3c2)nc2ccccc12. The van der Waals surface area contributed by atoms with Gasteiger partial charge in [0.25, 0.3) is 0 Å². The fourth-order valence-electron chi connectivity index (χ4n) is 2.97. The summed E-state index contributed by atoms with van der Waals surface area (Å²) in [6, 6.07) is 15.2. The highest BCUT2D eigenvalue weighted by Crippen LogP contribution is 2.27. The zero-order chi connectivity index (χ0) is 19.0. The number of carbonyl (C=O) groups excluding carboxylic acids is 1. The highest BCUT2D eigenvalue weighted by molar-refractivity contribution is 8.00. The van der Waals surface area contributed by atoms with E-state index in [0.29, 0.717) is 16.7 Å². The summed E-state index contributed by atoms with van der Waals surface area (Å²) in [6.07, 6.45) is 0. The number of thioether (sulfide) groups is 1. The molecule has 0 bridgehead atoms. The van der Waals surface area contributed by atoms with Gasteiger partial charge in [0, 0.05) is 11.1 Å². The van der Waals surface area contributed by atoms with Crippen molar-refractivity contribution in [3.8, 4) is 0 Å². The van der Waals surface area contributed by atoms with Crippen LogP contribution >= 0.6 is 11.8 Å². The number of rotatable bonds is 4. The Balaban J connectivity index is 1.50. The smallest absolute Gasteiger partial charge is 0.323 e. The minimum atomic E-state index is -0.320. The monoisotopic (exact) mass is 378 g/mol. The van der Waals surface area contributed by atoms with Gasteiger partial charge in [-0.1, -0.05) is 30.0 Å². The van der Waals surface area contributed by atoms with Gasteiger partial charge in [0.1, 0.15) is 0 Å². The molecule has 1 atom stereocenters. The Kier molecular flexibility index (Phi) is 4.45. The van der Waals surface area contributed by atoms with Gasteiger partial charge in [-0.25, -0.2) is 9.78 Å². The van der Waals surface area contributed by atoms with Gasteiger partial charge in [0.2, 0.25) is 5.91 Å². The van der Waals surface area contributed by atoms with Gasteiger partial charge < -0.3 is 15.3 Å². The number of anilines is 1. The molecule has 0 saturated heterocycles. The second-order valence-corrected chi connectivity index (χ2v) is 7.74. The molecule has 0 unspecified atom stereocenters. The number of hydrogen-bond donors (Lipinski definition) is 3. The Morgan fingerprint density at radius 3 is 2.74 bits per heavy atom. The van der Waals surface area contributed by atoms with E-state index in [1.165, 1.54) is 11.8 Å². The first kappa shape index (κ1) is 17.4. The Morgan fingerprint density at radius 2 is 1.89 bits per heavy atom. The number of carbonyl (C=O) groups is 1. The molecule has 4 rings (SSSR count). The third-order valence-electron chi connectivity index (χ3n) is 4.35.